The van der Waals surface area contributed by atoms with Crippen LogP contribution in [0.4, 0.5) is 0 Å². The number of halogens is 1. The molecule has 0 aliphatic rings. The van der Waals surface area contributed by atoms with Gasteiger partial charge in [0.1, 0.15) is 16.5 Å². The molecule has 0 bridgehead atoms. The van der Waals surface area contributed by atoms with Gasteiger partial charge in [0.2, 0.25) is 0 Å². The average molecular weight is 505 g/mol. The van der Waals surface area contributed by atoms with Crippen molar-refractivity contribution in [2.45, 2.75) is 88.3 Å². The second kappa shape index (κ2) is 20.1. The first-order chi connectivity index (χ1) is 13.7. The molecule has 0 N–H and O–H groups in total. The van der Waals surface area contributed by atoms with E-state index in [1.807, 2.05) is 32.9 Å². The molecule has 0 unspecified atom stereocenters. The number of likely N-dealkylation sites (N-methyl/N-ethyl adjacent to an activating group) is 2. The Morgan fingerprint density at radius 1 is 0.788 bits per heavy atom. The van der Waals surface area contributed by atoms with E-state index in [0.29, 0.717) is 0 Å². The zero-order valence-corrected chi connectivity index (χ0v) is 26.8. The third-order valence-corrected chi connectivity index (χ3v) is 9.29. The van der Waals surface area contributed by atoms with Crippen molar-refractivity contribution in [3.8, 4) is 17.8 Å². The van der Waals surface area contributed by atoms with E-state index in [0.717, 1.165) is 13.1 Å². The number of hydrogen-bond acceptors (Lipinski definition) is 2. The molecule has 0 amide bonds. The van der Waals surface area contributed by atoms with E-state index in [2.05, 4.69) is 107 Å². The molecule has 0 radical (unpaired) electrons. The molecule has 0 aromatic rings. The molecule has 0 spiro atoms. The Hall–Kier alpha value is -0.159. The van der Waals surface area contributed by atoms with Crippen LogP contribution in [0.5, 0.6) is 0 Å². The van der Waals surface area contributed by atoms with Crippen LogP contribution in [-0.2, 0) is 0 Å². The number of rotatable bonds is 6. The maximum Gasteiger partial charge on any atom is 1.00 e. The summed E-state index contributed by atoms with van der Waals surface area (Å²) in [5.74, 6) is 8.63. The number of allylic oxidation sites excluding steroid dienone is 1. The molecule has 0 saturated heterocycles. The summed E-state index contributed by atoms with van der Waals surface area (Å²) in [4.78, 5) is 0. The Morgan fingerprint density at radius 2 is 1.12 bits per heavy atom. The molecule has 0 atom stereocenters. The van der Waals surface area contributed by atoms with E-state index >= 15 is 0 Å². The number of hydrogen-bond donors (Lipinski definition) is 0. The summed E-state index contributed by atoms with van der Waals surface area (Å²) in [6.07, 6.45) is 12.7. The van der Waals surface area contributed by atoms with Crippen molar-refractivity contribution in [2.24, 2.45) is 10.8 Å². The molecule has 33 heavy (non-hydrogen) atoms. The predicted octanol–water partition coefficient (Wildman–Crippen LogP) is 5.13. The fourth-order valence-corrected chi connectivity index (χ4v) is 2.66. The summed E-state index contributed by atoms with van der Waals surface area (Å²) in [5, 5.41) is 0. The van der Waals surface area contributed by atoms with Gasteiger partial charge < -0.3 is 21.5 Å². The van der Waals surface area contributed by atoms with E-state index in [1.54, 1.807) is 5.54 Å². The third-order valence-electron chi connectivity index (χ3n) is 4.16. The quantitative estimate of drug-likeness (QED) is 0.281. The summed E-state index contributed by atoms with van der Waals surface area (Å²) in [7, 11) is 2.13. The van der Waals surface area contributed by atoms with Crippen molar-refractivity contribution in [2.75, 3.05) is 27.2 Å². The van der Waals surface area contributed by atoms with Crippen molar-refractivity contribution in [3.63, 3.8) is 0 Å². The summed E-state index contributed by atoms with van der Waals surface area (Å²) in [6.45, 7) is 28.2. The Kier molecular flexibility index (Phi) is 26.1. The van der Waals surface area contributed by atoms with Gasteiger partial charge in [0.25, 0.3) is 0 Å². The minimum Gasteiger partial charge on any atom is -0.693 e. The van der Waals surface area contributed by atoms with E-state index in [4.69, 9.17) is 18.0 Å². The third kappa shape index (κ3) is 36.6. The molecule has 0 aromatic heterocycles. The van der Waals surface area contributed by atoms with Crippen LogP contribution in [0.1, 0.15) is 49.0 Å². The van der Waals surface area contributed by atoms with Crippen LogP contribution in [0.2, 0.25) is 39.3 Å². The van der Waals surface area contributed by atoms with Crippen molar-refractivity contribution in [1.82, 2.24) is 9.13 Å². The largest absolute Gasteiger partial charge is 1.00 e. The molecule has 0 aromatic carbocycles. The molecular formula is C27H54ClLiN2Si2. The van der Waals surface area contributed by atoms with E-state index < -0.39 is 16.5 Å². The van der Waals surface area contributed by atoms with Gasteiger partial charge in [0.15, 0.2) is 0 Å². The summed E-state index contributed by atoms with van der Waals surface area (Å²) in [5.41, 5.74) is 1.64. The molecule has 0 saturated carbocycles. The van der Waals surface area contributed by atoms with Gasteiger partial charge in [0.05, 0.1) is 0 Å². The van der Waals surface area contributed by atoms with E-state index in [9.17, 15) is 0 Å². The summed E-state index contributed by atoms with van der Waals surface area (Å²) >= 11 is 5.40. The van der Waals surface area contributed by atoms with Crippen molar-refractivity contribution >= 4 is 28.1 Å². The van der Waals surface area contributed by atoms with Crippen LogP contribution in [0, 0.1) is 35.0 Å². The van der Waals surface area contributed by atoms with Gasteiger partial charge in [-0.15, -0.1) is 0 Å². The van der Waals surface area contributed by atoms with Gasteiger partial charge in [-0.3, -0.25) is 0 Å². The first-order valence-electron chi connectivity index (χ1n) is 11.0. The van der Waals surface area contributed by atoms with Gasteiger partial charge in [-0.2, -0.15) is 0 Å². The van der Waals surface area contributed by atoms with Gasteiger partial charge in [0, 0.05) is 24.0 Å². The van der Waals surface area contributed by atoms with Crippen LogP contribution in [0.25, 0.3) is 0 Å². The maximum atomic E-state index is 6.60. The molecule has 188 valence electrons. The average Bonchev–Trinajstić information content (AvgIpc) is 2.57. The van der Waals surface area contributed by atoms with Gasteiger partial charge in [-0.25, -0.2) is 0 Å². The SMILES string of the molecule is C.CN(C/C=C/C#CC(C)(C)C)[Si](C)(C)C.CN(C/C=C/Cl)[Si](C)(C)C.[C-]#CC(C)(C)C.[Li+]. The number of nitrogens with zero attached hydrogens (tertiary/aromatic N) is 2. The first kappa shape index (κ1) is 43.0. The Balaban J connectivity index is -0.000000126. The Bertz CT molecular complexity index is 629. The monoisotopic (exact) mass is 504 g/mol. The minimum absolute atomic E-state index is 0. The fraction of sp³-hybridized carbons (Fsp3) is 0.704. The van der Waals surface area contributed by atoms with Gasteiger partial charge in [-0.05, 0) is 46.4 Å². The Labute approximate surface area is 229 Å². The van der Waals surface area contributed by atoms with Crippen LogP contribution >= 0.6 is 11.6 Å². The molecule has 0 aliphatic heterocycles. The Morgan fingerprint density at radius 3 is 1.36 bits per heavy atom. The van der Waals surface area contributed by atoms with Gasteiger partial charge in [-0.1, -0.05) is 103 Å². The first-order valence-corrected chi connectivity index (χ1v) is 18.3. The van der Waals surface area contributed by atoms with Crippen LogP contribution < -0.4 is 18.9 Å². The van der Waals surface area contributed by atoms with Crippen LogP contribution in [-0.4, -0.2) is 52.8 Å². The van der Waals surface area contributed by atoms with Gasteiger partial charge >= 0.3 is 18.9 Å². The second-order valence-electron chi connectivity index (χ2n) is 11.8. The smallest absolute Gasteiger partial charge is 0.693 e. The predicted molar refractivity (Wildman–Crippen MR) is 157 cm³/mol. The molecular weight excluding hydrogens is 451 g/mol. The van der Waals surface area contributed by atoms with Crippen molar-refractivity contribution < 1.29 is 18.9 Å². The van der Waals surface area contributed by atoms with Crippen molar-refractivity contribution in [1.29, 1.82) is 0 Å². The zero-order chi connectivity index (χ0) is 25.5. The summed E-state index contributed by atoms with van der Waals surface area (Å²) in [6, 6.07) is 0. The zero-order valence-electron chi connectivity index (χ0n) is 24.0. The van der Waals surface area contributed by atoms with Crippen LogP contribution in [0.3, 0.4) is 0 Å². The molecule has 0 aliphatic carbocycles. The van der Waals surface area contributed by atoms with Crippen LogP contribution in [0.15, 0.2) is 23.8 Å². The summed E-state index contributed by atoms with van der Waals surface area (Å²) < 4.78 is 4.80. The molecule has 0 fully saturated rings. The topological polar surface area (TPSA) is 6.48 Å². The molecule has 0 rings (SSSR count). The maximum absolute atomic E-state index is 6.60. The standard InChI is InChI=1S/C13H25NSi.C7H16ClNSi.C6H9.CH4.Li/c1-13(2,3)11-9-8-10-12-14(4)15(5,6)7;1-9(7-5-6-8)10(2,3)4;1-5-6(2,3)4;;/h8,10H,12H2,1-7H3;5-6H,7H2,1-4H3;2-4H3;1H4;/q;;-1;;+1/b10-8+;6-5+;;;. The van der Waals surface area contributed by atoms with Crippen molar-refractivity contribution in [3.05, 3.63) is 30.2 Å². The molecule has 6 heteroatoms. The molecule has 0 heterocycles. The fourth-order valence-electron chi connectivity index (χ4n) is 1.27. The van der Waals surface area contributed by atoms with E-state index in [1.165, 1.54) is 0 Å². The second-order valence-corrected chi connectivity index (χ2v) is 22.2. The van der Waals surface area contributed by atoms with E-state index in [-0.39, 0.29) is 37.1 Å². The normalized spacial score (nSPS) is 11.9. The minimum atomic E-state index is -1.12. The molecule has 2 nitrogen and oxygen atoms in total.